The molecule has 6 heteroatoms. The van der Waals surface area contributed by atoms with Crippen molar-refractivity contribution in [2.75, 3.05) is 10.6 Å². The van der Waals surface area contributed by atoms with Gasteiger partial charge in [-0.3, -0.25) is 5.10 Å². The predicted molar refractivity (Wildman–Crippen MR) is 97.7 cm³/mol. The van der Waals surface area contributed by atoms with Gasteiger partial charge in [0.1, 0.15) is 0 Å². The van der Waals surface area contributed by atoms with Gasteiger partial charge < -0.3 is 10.6 Å². The van der Waals surface area contributed by atoms with E-state index >= 15 is 0 Å². The second-order valence-electron chi connectivity index (χ2n) is 5.09. The van der Waals surface area contributed by atoms with Gasteiger partial charge in [-0.25, -0.2) is 4.98 Å². The van der Waals surface area contributed by atoms with Gasteiger partial charge in [0, 0.05) is 11.1 Å². The number of nitrogens with zero attached hydrogens (tertiary/aromatic N) is 2. The molecule has 0 amide bonds. The molecule has 0 aliphatic heterocycles. The Morgan fingerprint density at radius 2 is 1.74 bits per heavy atom. The van der Waals surface area contributed by atoms with E-state index in [0.717, 1.165) is 27.6 Å². The lowest BCUT2D eigenvalue weighted by Gasteiger charge is -2.08. The van der Waals surface area contributed by atoms with Gasteiger partial charge in [-0.05, 0) is 36.5 Å². The Morgan fingerprint density at radius 3 is 2.61 bits per heavy atom. The first kappa shape index (κ1) is 13.7. The molecule has 0 saturated heterocycles. The molecule has 3 N–H and O–H groups in total. The zero-order chi connectivity index (χ0) is 15.6. The number of para-hydroxylation sites is 2. The first-order valence-electron chi connectivity index (χ1n) is 7.16. The van der Waals surface area contributed by atoms with Crippen molar-refractivity contribution in [3.8, 4) is 0 Å². The summed E-state index contributed by atoms with van der Waals surface area (Å²) in [6, 6.07) is 19.8. The minimum atomic E-state index is 0.484. The highest BCUT2D eigenvalue weighted by atomic mass is 32.1. The molecule has 4 rings (SSSR count). The Labute approximate surface area is 137 Å². The van der Waals surface area contributed by atoms with Crippen LogP contribution in [0.4, 0.5) is 11.5 Å². The molecule has 4 aromatic rings. The number of aromatic nitrogens is 3. The summed E-state index contributed by atoms with van der Waals surface area (Å²) in [6.07, 6.45) is 0. The van der Waals surface area contributed by atoms with Crippen molar-refractivity contribution < 1.29 is 0 Å². The summed E-state index contributed by atoms with van der Waals surface area (Å²) in [6.45, 7) is 0. The Morgan fingerprint density at radius 1 is 0.957 bits per heavy atom. The van der Waals surface area contributed by atoms with E-state index in [1.807, 2.05) is 54.6 Å². The zero-order valence-corrected chi connectivity index (χ0v) is 12.9. The molecule has 2 aromatic heterocycles. The molecule has 5 nitrogen and oxygen atoms in total. The van der Waals surface area contributed by atoms with Crippen LogP contribution in [-0.2, 0) is 0 Å². The number of aromatic amines is 1. The molecule has 0 radical (unpaired) electrons. The van der Waals surface area contributed by atoms with Gasteiger partial charge in [-0.1, -0.05) is 36.4 Å². The first-order valence-corrected chi connectivity index (χ1v) is 7.57. The topological polar surface area (TPSA) is 65.6 Å². The Hall–Kier alpha value is -2.99. The lowest BCUT2D eigenvalue weighted by Crippen LogP contribution is -2.19. The Kier molecular flexibility index (Phi) is 3.36. The molecule has 0 bridgehead atoms. The molecule has 0 spiro atoms. The van der Waals surface area contributed by atoms with Crippen molar-refractivity contribution in [3.63, 3.8) is 0 Å². The first-order chi connectivity index (χ1) is 11.3. The highest BCUT2D eigenvalue weighted by molar-refractivity contribution is 7.80. The van der Waals surface area contributed by atoms with Gasteiger partial charge in [-0.15, -0.1) is 0 Å². The molecule has 2 heterocycles. The molecular formula is C17H13N5S. The molecule has 0 saturated carbocycles. The monoisotopic (exact) mass is 319 g/mol. The molecule has 112 valence electrons. The number of hydrogen-bond acceptors (Lipinski definition) is 3. The molecule has 2 aromatic carbocycles. The number of nitrogens with one attached hydrogen (secondary N) is 3. The third-order valence-electron chi connectivity index (χ3n) is 3.52. The normalized spacial score (nSPS) is 10.8. The lowest BCUT2D eigenvalue weighted by molar-refractivity contribution is 1.11. The van der Waals surface area contributed by atoms with Crippen LogP contribution in [0.15, 0.2) is 60.7 Å². The summed E-state index contributed by atoms with van der Waals surface area (Å²) >= 11 is 5.35. The van der Waals surface area contributed by atoms with Gasteiger partial charge in [0.15, 0.2) is 16.6 Å². The number of anilines is 2. The smallest absolute Gasteiger partial charge is 0.176 e. The van der Waals surface area contributed by atoms with Crippen LogP contribution in [0, 0.1) is 0 Å². The van der Waals surface area contributed by atoms with E-state index in [9.17, 15) is 0 Å². The van der Waals surface area contributed by atoms with E-state index in [2.05, 4.69) is 31.9 Å². The van der Waals surface area contributed by atoms with Crippen LogP contribution >= 0.6 is 12.2 Å². The minimum absolute atomic E-state index is 0.484. The van der Waals surface area contributed by atoms with Crippen molar-refractivity contribution in [2.45, 2.75) is 0 Å². The van der Waals surface area contributed by atoms with E-state index in [-0.39, 0.29) is 0 Å². The van der Waals surface area contributed by atoms with Crippen molar-refractivity contribution in [1.29, 1.82) is 0 Å². The third-order valence-corrected chi connectivity index (χ3v) is 3.72. The number of thiocarbonyl (C=S) groups is 1. The van der Waals surface area contributed by atoms with Crippen LogP contribution in [0.5, 0.6) is 0 Å². The number of rotatable bonds is 2. The van der Waals surface area contributed by atoms with Gasteiger partial charge >= 0.3 is 0 Å². The van der Waals surface area contributed by atoms with Gasteiger partial charge in [0.2, 0.25) is 0 Å². The quantitative estimate of drug-likeness (QED) is 0.489. The molecule has 0 unspecified atom stereocenters. The number of fused-ring (bicyclic) bond motifs is 2. The summed E-state index contributed by atoms with van der Waals surface area (Å²) < 4.78 is 0. The highest BCUT2D eigenvalue weighted by Gasteiger charge is 2.09. The fourth-order valence-corrected chi connectivity index (χ4v) is 2.65. The lowest BCUT2D eigenvalue weighted by atomic mass is 10.2. The van der Waals surface area contributed by atoms with Crippen molar-refractivity contribution in [1.82, 2.24) is 15.2 Å². The summed E-state index contributed by atoms with van der Waals surface area (Å²) in [5, 5.41) is 15.9. The Balaban J connectivity index is 1.64. The summed E-state index contributed by atoms with van der Waals surface area (Å²) in [5.41, 5.74) is 2.59. The predicted octanol–water partition coefficient (Wildman–Crippen LogP) is 3.92. The van der Waals surface area contributed by atoms with Gasteiger partial charge in [-0.2, -0.15) is 5.10 Å². The van der Waals surface area contributed by atoms with E-state index < -0.39 is 0 Å². The van der Waals surface area contributed by atoms with E-state index in [4.69, 9.17) is 12.2 Å². The fourth-order valence-electron chi connectivity index (χ4n) is 2.44. The number of benzene rings is 2. The van der Waals surface area contributed by atoms with E-state index in [0.29, 0.717) is 10.9 Å². The van der Waals surface area contributed by atoms with E-state index in [1.165, 1.54) is 0 Å². The van der Waals surface area contributed by atoms with Crippen LogP contribution < -0.4 is 10.6 Å². The average Bonchev–Trinajstić information content (AvgIpc) is 2.95. The van der Waals surface area contributed by atoms with Crippen LogP contribution in [0.3, 0.4) is 0 Å². The summed E-state index contributed by atoms with van der Waals surface area (Å²) in [5.74, 6) is 0.659. The minimum Gasteiger partial charge on any atom is -0.332 e. The third kappa shape index (κ3) is 2.72. The average molecular weight is 319 g/mol. The maximum atomic E-state index is 5.35. The van der Waals surface area contributed by atoms with E-state index in [1.54, 1.807) is 0 Å². The van der Waals surface area contributed by atoms with Crippen LogP contribution in [0.25, 0.3) is 21.9 Å². The summed E-state index contributed by atoms with van der Waals surface area (Å²) in [7, 11) is 0. The van der Waals surface area contributed by atoms with Crippen LogP contribution in [0.1, 0.15) is 0 Å². The van der Waals surface area contributed by atoms with Gasteiger partial charge in [0.25, 0.3) is 0 Å². The van der Waals surface area contributed by atoms with Crippen LogP contribution in [0.2, 0.25) is 0 Å². The summed E-state index contributed by atoms with van der Waals surface area (Å²) in [4.78, 5) is 4.57. The van der Waals surface area contributed by atoms with Crippen molar-refractivity contribution in [3.05, 3.63) is 60.7 Å². The van der Waals surface area contributed by atoms with Crippen LogP contribution in [-0.4, -0.2) is 20.3 Å². The number of hydrogen-bond donors (Lipinski definition) is 3. The molecule has 0 aliphatic carbocycles. The maximum absolute atomic E-state index is 5.35. The molecule has 0 atom stereocenters. The Bertz CT molecular complexity index is 994. The second kappa shape index (κ2) is 5.66. The van der Waals surface area contributed by atoms with Crippen molar-refractivity contribution >= 4 is 50.8 Å². The molecule has 0 aliphatic rings. The number of pyridine rings is 1. The fraction of sp³-hybridized carbons (Fsp3) is 0. The standard InChI is InChI=1S/C17H13N5S/c23-17(18-12-7-2-1-3-8-12)20-16-13-10-11-6-4-5-9-14(11)19-15(13)21-22-16/h1-10H,(H3,18,19,20,21,22,23). The largest absolute Gasteiger partial charge is 0.332 e. The SMILES string of the molecule is S=C(Nc1ccccc1)Nc1n[nH]c2nc3ccccc3cc12. The highest BCUT2D eigenvalue weighted by Crippen LogP contribution is 2.23. The molecule has 0 fully saturated rings. The zero-order valence-electron chi connectivity index (χ0n) is 12.1. The molecular weight excluding hydrogens is 306 g/mol. The molecule has 23 heavy (non-hydrogen) atoms. The van der Waals surface area contributed by atoms with Crippen molar-refractivity contribution in [2.24, 2.45) is 0 Å². The number of H-pyrrole nitrogens is 1. The maximum Gasteiger partial charge on any atom is 0.176 e. The second-order valence-corrected chi connectivity index (χ2v) is 5.50. The van der Waals surface area contributed by atoms with Gasteiger partial charge in [0.05, 0.1) is 10.9 Å².